The average molecular weight is 391 g/mol. The molecule has 26 heavy (non-hydrogen) atoms. The van der Waals surface area contributed by atoms with Crippen LogP contribution in [-0.4, -0.2) is 24.1 Å². The van der Waals surface area contributed by atoms with E-state index in [1.54, 1.807) is 42.5 Å². The monoisotopic (exact) mass is 390 g/mol. The van der Waals surface area contributed by atoms with Gasteiger partial charge in [0.1, 0.15) is 0 Å². The van der Waals surface area contributed by atoms with Crippen LogP contribution >= 0.6 is 23.2 Å². The molecule has 0 saturated carbocycles. The fraction of sp³-hybridized carbons (Fsp3) is 0.211. The highest BCUT2D eigenvalue weighted by Crippen LogP contribution is 2.35. The number of halogens is 2. The minimum atomic E-state index is -0.515. The minimum absolute atomic E-state index is 0.0843. The van der Waals surface area contributed by atoms with Crippen molar-refractivity contribution in [2.45, 2.75) is 13.3 Å². The first-order chi connectivity index (χ1) is 12.4. The average Bonchev–Trinajstić information content (AvgIpc) is 2.99. The van der Waals surface area contributed by atoms with Gasteiger partial charge in [0.2, 0.25) is 11.8 Å². The van der Waals surface area contributed by atoms with Gasteiger partial charge in [-0.05, 0) is 31.2 Å². The maximum absolute atomic E-state index is 12.5. The lowest BCUT2D eigenvalue weighted by Crippen LogP contribution is -2.28. The topological polar surface area (TPSA) is 66.5 Å². The van der Waals surface area contributed by atoms with E-state index < -0.39 is 5.92 Å². The molecule has 1 atom stereocenters. The van der Waals surface area contributed by atoms with Crippen LogP contribution in [0.15, 0.2) is 42.5 Å². The molecule has 3 rings (SSSR count). The largest absolute Gasteiger partial charge is 0.326 e. The zero-order valence-electron chi connectivity index (χ0n) is 14.0. The maximum Gasteiger partial charge on any atom is 0.229 e. The highest BCUT2D eigenvalue weighted by molar-refractivity contribution is 6.44. The lowest BCUT2D eigenvalue weighted by Gasteiger charge is -2.18. The molecule has 1 aliphatic heterocycles. The number of carbonyl (C=O) groups is 3. The number of Topliss-reactive ketones (excluding diaryl/α,β-unsaturated/α-hetero) is 1. The van der Waals surface area contributed by atoms with Crippen molar-refractivity contribution >= 4 is 52.2 Å². The van der Waals surface area contributed by atoms with Gasteiger partial charge in [0, 0.05) is 24.2 Å². The molecule has 1 saturated heterocycles. The first-order valence-electron chi connectivity index (χ1n) is 8.03. The van der Waals surface area contributed by atoms with Gasteiger partial charge in [0.25, 0.3) is 0 Å². The van der Waals surface area contributed by atoms with Gasteiger partial charge in [-0.15, -0.1) is 0 Å². The Morgan fingerprint density at radius 1 is 1.15 bits per heavy atom. The molecule has 5 nitrogen and oxygen atoms in total. The zero-order valence-corrected chi connectivity index (χ0v) is 15.5. The molecule has 2 amide bonds. The molecule has 1 fully saturated rings. The van der Waals surface area contributed by atoms with Crippen LogP contribution < -0.4 is 10.2 Å². The van der Waals surface area contributed by atoms with Crippen molar-refractivity contribution in [3.63, 3.8) is 0 Å². The van der Waals surface area contributed by atoms with Gasteiger partial charge in [0.15, 0.2) is 5.78 Å². The first kappa shape index (κ1) is 18.4. The van der Waals surface area contributed by atoms with E-state index in [1.165, 1.54) is 11.8 Å². The summed E-state index contributed by atoms with van der Waals surface area (Å²) in [4.78, 5) is 37.8. The van der Waals surface area contributed by atoms with Gasteiger partial charge in [-0.25, -0.2) is 0 Å². The van der Waals surface area contributed by atoms with Crippen LogP contribution in [0, 0.1) is 5.92 Å². The molecular weight excluding hydrogens is 375 g/mol. The molecule has 0 aliphatic carbocycles. The SMILES string of the molecule is CC(=O)c1cccc(NC(=O)[C@@H]2CC(=O)N(c3cccc(Cl)c3Cl)C2)c1. The van der Waals surface area contributed by atoms with Gasteiger partial charge < -0.3 is 10.2 Å². The second-order valence-electron chi connectivity index (χ2n) is 6.10. The molecule has 7 heteroatoms. The van der Waals surface area contributed by atoms with E-state index in [4.69, 9.17) is 23.2 Å². The van der Waals surface area contributed by atoms with E-state index in [9.17, 15) is 14.4 Å². The second-order valence-corrected chi connectivity index (χ2v) is 6.89. The Balaban J connectivity index is 1.74. The predicted octanol–water partition coefficient (Wildman–Crippen LogP) is 4.19. The van der Waals surface area contributed by atoms with Crippen LogP contribution in [0.25, 0.3) is 0 Å². The summed E-state index contributed by atoms with van der Waals surface area (Å²) in [7, 11) is 0. The Labute approximate surface area is 160 Å². The van der Waals surface area contributed by atoms with Gasteiger partial charge in [-0.2, -0.15) is 0 Å². The number of nitrogens with zero attached hydrogens (tertiary/aromatic N) is 1. The van der Waals surface area contributed by atoms with E-state index in [2.05, 4.69) is 5.32 Å². The van der Waals surface area contributed by atoms with Crippen molar-refractivity contribution in [3.8, 4) is 0 Å². The summed E-state index contributed by atoms with van der Waals surface area (Å²) in [5.74, 6) is -1.07. The van der Waals surface area contributed by atoms with Crippen molar-refractivity contribution in [1.82, 2.24) is 0 Å². The van der Waals surface area contributed by atoms with Gasteiger partial charge in [-0.3, -0.25) is 14.4 Å². The molecule has 0 bridgehead atoms. The van der Waals surface area contributed by atoms with Crippen molar-refractivity contribution in [1.29, 1.82) is 0 Å². The van der Waals surface area contributed by atoms with Crippen LogP contribution in [0.2, 0.25) is 10.0 Å². The fourth-order valence-electron chi connectivity index (χ4n) is 2.88. The standard InChI is InChI=1S/C19H16Cl2N2O3/c1-11(24)12-4-2-5-14(8-12)22-19(26)13-9-17(25)23(10-13)16-7-3-6-15(20)18(16)21/h2-8,13H,9-10H2,1H3,(H,22,26)/t13-/m1/s1. The lowest BCUT2D eigenvalue weighted by molar-refractivity contribution is -0.122. The molecule has 0 spiro atoms. The van der Waals surface area contributed by atoms with Crippen LogP contribution in [0.3, 0.4) is 0 Å². The Hall–Kier alpha value is -2.37. The molecule has 2 aromatic rings. The maximum atomic E-state index is 12.5. The Morgan fingerprint density at radius 3 is 2.62 bits per heavy atom. The second kappa shape index (κ2) is 7.48. The third kappa shape index (κ3) is 3.74. The quantitative estimate of drug-likeness (QED) is 0.795. The number of ketones is 1. The summed E-state index contributed by atoms with van der Waals surface area (Å²) in [6.07, 6.45) is 0.0844. The van der Waals surface area contributed by atoms with Crippen LogP contribution in [0.4, 0.5) is 11.4 Å². The number of nitrogens with one attached hydrogen (secondary N) is 1. The lowest BCUT2D eigenvalue weighted by atomic mass is 10.1. The number of hydrogen-bond donors (Lipinski definition) is 1. The van der Waals surface area contributed by atoms with E-state index in [1.807, 2.05) is 0 Å². The minimum Gasteiger partial charge on any atom is -0.326 e. The molecule has 0 aromatic heterocycles. The van der Waals surface area contributed by atoms with Crippen molar-refractivity contribution < 1.29 is 14.4 Å². The smallest absolute Gasteiger partial charge is 0.229 e. The number of hydrogen-bond acceptors (Lipinski definition) is 3. The molecule has 1 heterocycles. The van der Waals surface area contributed by atoms with Crippen LogP contribution in [0.5, 0.6) is 0 Å². The number of carbonyl (C=O) groups excluding carboxylic acids is 3. The molecular formula is C19H16Cl2N2O3. The number of benzene rings is 2. The predicted molar refractivity (Wildman–Crippen MR) is 102 cm³/mol. The van der Waals surface area contributed by atoms with E-state index in [-0.39, 0.29) is 35.6 Å². The van der Waals surface area contributed by atoms with Gasteiger partial charge in [-0.1, -0.05) is 41.4 Å². The molecule has 0 radical (unpaired) electrons. The summed E-state index contributed by atoms with van der Waals surface area (Å²) < 4.78 is 0. The molecule has 2 aromatic carbocycles. The van der Waals surface area contributed by atoms with E-state index in [0.29, 0.717) is 22.0 Å². The Bertz CT molecular complexity index is 898. The highest BCUT2D eigenvalue weighted by Gasteiger charge is 2.36. The summed E-state index contributed by atoms with van der Waals surface area (Å²) in [6.45, 7) is 1.68. The first-order valence-corrected chi connectivity index (χ1v) is 8.78. The number of anilines is 2. The number of amides is 2. The van der Waals surface area contributed by atoms with Crippen molar-refractivity contribution in [2.24, 2.45) is 5.92 Å². The molecule has 134 valence electrons. The normalized spacial score (nSPS) is 16.7. The van der Waals surface area contributed by atoms with Crippen LogP contribution in [-0.2, 0) is 9.59 Å². The Morgan fingerprint density at radius 2 is 1.88 bits per heavy atom. The number of rotatable bonds is 4. The van der Waals surface area contributed by atoms with Crippen molar-refractivity contribution in [3.05, 3.63) is 58.1 Å². The van der Waals surface area contributed by atoms with Crippen LogP contribution in [0.1, 0.15) is 23.7 Å². The Kier molecular flexibility index (Phi) is 5.30. The summed E-state index contributed by atoms with van der Waals surface area (Å²) in [5, 5.41) is 3.41. The summed E-state index contributed by atoms with van der Waals surface area (Å²) in [5.41, 5.74) is 1.53. The van der Waals surface area contributed by atoms with Gasteiger partial charge in [0.05, 0.1) is 21.7 Å². The molecule has 1 N–H and O–H groups in total. The molecule has 1 aliphatic rings. The highest BCUT2D eigenvalue weighted by atomic mass is 35.5. The van der Waals surface area contributed by atoms with Crippen molar-refractivity contribution in [2.75, 3.05) is 16.8 Å². The molecule has 0 unspecified atom stereocenters. The fourth-order valence-corrected chi connectivity index (χ4v) is 3.27. The summed E-state index contributed by atoms with van der Waals surface area (Å²) >= 11 is 12.2. The zero-order chi connectivity index (χ0) is 18.8. The van der Waals surface area contributed by atoms with Gasteiger partial charge >= 0.3 is 0 Å². The van der Waals surface area contributed by atoms with E-state index in [0.717, 1.165) is 0 Å². The third-order valence-corrected chi connectivity index (χ3v) is 5.06. The van der Waals surface area contributed by atoms with E-state index >= 15 is 0 Å². The third-order valence-electron chi connectivity index (χ3n) is 4.25. The summed E-state index contributed by atoms with van der Waals surface area (Å²) in [6, 6.07) is 11.7.